The summed E-state index contributed by atoms with van der Waals surface area (Å²) in [7, 11) is 0. The molecule has 0 spiro atoms. The van der Waals surface area contributed by atoms with E-state index in [2.05, 4.69) is 57.3 Å². The van der Waals surface area contributed by atoms with E-state index in [0.717, 1.165) is 25.2 Å². The van der Waals surface area contributed by atoms with E-state index in [1.54, 1.807) is 0 Å². The molecule has 4 nitrogen and oxygen atoms in total. The van der Waals surface area contributed by atoms with Crippen molar-refractivity contribution >= 4 is 0 Å². The lowest BCUT2D eigenvalue weighted by Gasteiger charge is -2.23. The van der Waals surface area contributed by atoms with Crippen LogP contribution in [0.4, 0.5) is 0 Å². The van der Waals surface area contributed by atoms with Crippen LogP contribution in [0.5, 0.6) is 0 Å². The standard InChI is InChI=1S/C24H29N3O/c28-19-23-11-5-4-10-22(23)18-26(15-20-8-2-1-3-9-20)16-21-14-25-27(17-21)24-12-6-7-13-24/h1-5,8-11,14,17,24,28H,6-7,12-13,15-16,18-19H2. The highest BCUT2D eigenvalue weighted by molar-refractivity contribution is 5.26. The van der Waals surface area contributed by atoms with E-state index < -0.39 is 0 Å². The summed E-state index contributed by atoms with van der Waals surface area (Å²) in [5, 5.41) is 14.4. The first-order chi connectivity index (χ1) is 13.8. The third kappa shape index (κ3) is 4.70. The van der Waals surface area contributed by atoms with Crippen molar-refractivity contribution in [2.45, 2.75) is 58.0 Å². The number of hydrogen-bond donors (Lipinski definition) is 1. The molecule has 28 heavy (non-hydrogen) atoms. The van der Waals surface area contributed by atoms with Crippen molar-refractivity contribution in [2.24, 2.45) is 0 Å². The number of nitrogens with zero attached hydrogens (tertiary/aromatic N) is 3. The summed E-state index contributed by atoms with van der Waals surface area (Å²) in [5.41, 5.74) is 4.74. The largest absolute Gasteiger partial charge is 0.392 e. The summed E-state index contributed by atoms with van der Waals surface area (Å²) in [6.07, 6.45) is 9.38. The fraction of sp³-hybridized carbons (Fsp3) is 0.375. The predicted octanol–water partition coefficient (Wildman–Crippen LogP) is 4.69. The summed E-state index contributed by atoms with van der Waals surface area (Å²) < 4.78 is 2.17. The highest BCUT2D eigenvalue weighted by Crippen LogP contribution is 2.29. The lowest BCUT2D eigenvalue weighted by Crippen LogP contribution is -2.23. The lowest BCUT2D eigenvalue weighted by molar-refractivity contribution is 0.240. The van der Waals surface area contributed by atoms with Gasteiger partial charge in [0.15, 0.2) is 0 Å². The van der Waals surface area contributed by atoms with Crippen molar-refractivity contribution in [3.8, 4) is 0 Å². The maximum Gasteiger partial charge on any atom is 0.0685 e. The monoisotopic (exact) mass is 375 g/mol. The van der Waals surface area contributed by atoms with Crippen LogP contribution in [0.3, 0.4) is 0 Å². The molecule has 0 radical (unpaired) electrons. The minimum absolute atomic E-state index is 0.0783. The van der Waals surface area contributed by atoms with Gasteiger partial charge in [0.1, 0.15) is 0 Å². The Bertz CT molecular complexity index is 868. The van der Waals surface area contributed by atoms with E-state index in [-0.39, 0.29) is 6.61 Å². The summed E-state index contributed by atoms with van der Waals surface area (Å²) >= 11 is 0. The number of rotatable bonds is 8. The summed E-state index contributed by atoms with van der Waals surface area (Å²) in [6.45, 7) is 2.60. The van der Waals surface area contributed by atoms with Gasteiger partial charge in [0, 0.05) is 31.4 Å². The SMILES string of the molecule is OCc1ccccc1CN(Cc1ccccc1)Cc1cnn(C2CCCC2)c1. The second-order valence-electron chi connectivity index (χ2n) is 7.82. The second-order valence-corrected chi connectivity index (χ2v) is 7.82. The van der Waals surface area contributed by atoms with Crippen molar-refractivity contribution in [3.05, 3.63) is 89.2 Å². The molecular formula is C24H29N3O. The van der Waals surface area contributed by atoms with Crippen molar-refractivity contribution in [1.29, 1.82) is 0 Å². The topological polar surface area (TPSA) is 41.3 Å². The van der Waals surface area contributed by atoms with Crippen LogP contribution >= 0.6 is 0 Å². The predicted molar refractivity (Wildman–Crippen MR) is 111 cm³/mol. The molecule has 1 aromatic heterocycles. The van der Waals surface area contributed by atoms with Crippen LogP contribution in [0.2, 0.25) is 0 Å². The second kappa shape index (κ2) is 9.18. The summed E-state index contributed by atoms with van der Waals surface area (Å²) in [4.78, 5) is 2.43. The van der Waals surface area contributed by atoms with Gasteiger partial charge in [-0.05, 0) is 29.5 Å². The molecule has 0 saturated heterocycles. The smallest absolute Gasteiger partial charge is 0.0685 e. The molecule has 4 rings (SSSR count). The molecule has 4 heteroatoms. The molecule has 0 unspecified atom stereocenters. The number of hydrogen-bond acceptors (Lipinski definition) is 3. The Morgan fingerprint density at radius 2 is 1.54 bits per heavy atom. The molecular weight excluding hydrogens is 346 g/mol. The molecule has 2 aromatic carbocycles. The highest BCUT2D eigenvalue weighted by atomic mass is 16.3. The van der Waals surface area contributed by atoms with E-state index in [4.69, 9.17) is 0 Å². The van der Waals surface area contributed by atoms with Gasteiger partial charge in [-0.2, -0.15) is 5.10 Å². The van der Waals surface area contributed by atoms with Crippen molar-refractivity contribution in [3.63, 3.8) is 0 Å². The molecule has 1 aliphatic carbocycles. The zero-order chi connectivity index (χ0) is 19.2. The van der Waals surface area contributed by atoms with Gasteiger partial charge in [-0.25, -0.2) is 0 Å². The van der Waals surface area contributed by atoms with Crippen LogP contribution in [-0.2, 0) is 26.2 Å². The van der Waals surface area contributed by atoms with Gasteiger partial charge in [-0.1, -0.05) is 67.4 Å². The van der Waals surface area contributed by atoms with E-state index >= 15 is 0 Å². The maximum atomic E-state index is 9.70. The average Bonchev–Trinajstić information content (AvgIpc) is 3.41. The first-order valence-corrected chi connectivity index (χ1v) is 10.3. The van der Waals surface area contributed by atoms with E-state index in [1.807, 2.05) is 24.4 Å². The summed E-state index contributed by atoms with van der Waals surface area (Å²) in [5.74, 6) is 0. The quantitative estimate of drug-likeness (QED) is 0.621. The Morgan fingerprint density at radius 3 is 2.29 bits per heavy atom. The average molecular weight is 376 g/mol. The number of benzene rings is 2. The zero-order valence-electron chi connectivity index (χ0n) is 16.4. The van der Waals surface area contributed by atoms with Gasteiger partial charge >= 0.3 is 0 Å². The van der Waals surface area contributed by atoms with E-state index in [1.165, 1.54) is 42.4 Å². The fourth-order valence-electron chi connectivity index (χ4n) is 4.20. The van der Waals surface area contributed by atoms with E-state index in [0.29, 0.717) is 6.04 Å². The maximum absolute atomic E-state index is 9.70. The Kier molecular flexibility index (Phi) is 6.20. The normalized spacial score (nSPS) is 14.8. The molecule has 0 bridgehead atoms. The molecule has 146 valence electrons. The Labute approximate surface area is 167 Å². The number of aliphatic hydroxyl groups is 1. The van der Waals surface area contributed by atoms with Crippen LogP contribution in [0, 0.1) is 0 Å². The van der Waals surface area contributed by atoms with Crippen LogP contribution < -0.4 is 0 Å². The Morgan fingerprint density at radius 1 is 0.857 bits per heavy atom. The molecule has 1 N–H and O–H groups in total. The summed E-state index contributed by atoms with van der Waals surface area (Å²) in [6, 6.07) is 19.3. The molecule has 1 heterocycles. The molecule has 0 atom stereocenters. The van der Waals surface area contributed by atoms with Gasteiger partial charge in [0.2, 0.25) is 0 Å². The van der Waals surface area contributed by atoms with E-state index in [9.17, 15) is 5.11 Å². The third-order valence-corrected chi connectivity index (χ3v) is 5.69. The zero-order valence-corrected chi connectivity index (χ0v) is 16.4. The molecule has 0 amide bonds. The lowest BCUT2D eigenvalue weighted by atomic mass is 10.1. The van der Waals surface area contributed by atoms with Crippen LogP contribution in [0.25, 0.3) is 0 Å². The van der Waals surface area contributed by atoms with Crippen molar-refractivity contribution < 1.29 is 5.11 Å². The van der Waals surface area contributed by atoms with Crippen LogP contribution in [0.15, 0.2) is 67.0 Å². The van der Waals surface area contributed by atoms with Gasteiger partial charge in [-0.15, -0.1) is 0 Å². The van der Waals surface area contributed by atoms with Crippen molar-refractivity contribution in [1.82, 2.24) is 14.7 Å². The Hall–Kier alpha value is -2.43. The number of aromatic nitrogens is 2. The Balaban J connectivity index is 1.52. The minimum atomic E-state index is 0.0783. The molecule has 0 aliphatic heterocycles. The first-order valence-electron chi connectivity index (χ1n) is 10.3. The van der Waals surface area contributed by atoms with Crippen molar-refractivity contribution in [2.75, 3.05) is 0 Å². The first kappa shape index (κ1) is 18.9. The molecule has 1 aliphatic rings. The van der Waals surface area contributed by atoms with Crippen LogP contribution in [-0.4, -0.2) is 19.8 Å². The molecule has 3 aromatic rings. The van der Waals surface area contributed by atoms with Gasteiger partial charge in [0.05, 0.1) is 18.8 Å². The number of aliphatic hydroxyl groups excluding tert-OH is 1. The highest BCUT2D eigenvalue weighted by Gasteiger charge is 2.18. The molecule has 1 saturated carbocycles. The minimum Gasteiger partial charge on any atom is -0.392 e. The van der Waals surface area contributed by atoms with Gasteiger partial charge < -0.3 is 5.11 Å². The van der Waals surface area contributed by atoms with Gasteiger partial charge in [0.25, 0.3) is 0 Å². The van der Waals surface area contributed by atoms with Crippen LogP contribution in [0.1, 0.15) is 54.0 Å². The fourth-order valence-corrected chi connectivity index (χ4v) is 4.20. The van der Waals surface area contributed by atoms with Gasteiger partial charge in [-0.3, -0.25) is 9.58 Å². The third-order valence-electron chi connectivity index (χ3n) is 5.69. The molecule has 1 fully saturated rings.